The van der Waals surface area contributed by atoms with E-state index in [0.717, 1.165) is 28.9 Å². The Balaban J connectivity index is 1.47. The first-order valence-electron chi connectivity index (χ1n) is 13.4. The van der Waals surface area contributed by atoms with Crippen LogP contribution in [0, 0.1) is 23.2 Å². The molecular formula is C31H44O4. The molecule has 3 N–H and O–H groups in total. The van der Waals surface area contributed by atoms with Gasteiger partial charge in [-0.15, -0.1) is 0 Å². The zero-order valence-electron chi connectivity index (χ0n) is 22.0. The molecule has 1 aromatic rings. The van der Waals surface area contributed by atoms with Gasteiger partial charge in [0.1, 0.15) is 5.75 Å². The van der Waals surface area contributed by atoms with Crippen LogP contribution in [0.2, 0.25) is 0 Å². The number of ether oxygens (including phenoxy) is 1. The lowest BCUT2D eigenvalue weighted by Crippen LogP contribution is -2.37. The molecule has 1 aromatic carbocycles. The van der Waals surface area contributed by atoms with E-state index >= 15 is 0 Å². The van der Waals surface area contributed by atoms with Gasteiger partial charge in [0.25, 0.3) is 0 Å². The van der Waals surface area contributed by atoms with E-state index in [-0.39, 0.29) is 5.41 Å². The fourth-order valence-corrected chi connectivity index (χ4v) is 7.11. The highest BCUT2D eigenvalue weighted by molar-refractivity contribution is 5.39. The second kappa shape index (κ2) is 10.2. The predicted octanol–water partition coefficient (Wildman–Crippen LogP) is 6.07. The molecule has 0 bridgehead atoms. The second-order valence-electron chi connectivity index (χ2n) is 12.0. The summed E-state index contributed by atoms with van der Waals surface area (Å²) in [7, 11) is 0. The largest absolute Gasteiger partial charge is 0.493 e. The summed E-state index contributed by atoms with van der Waals surface area (Å²) in [6, 6.07) is 7.81. The van der Waals surface area contributed by atoms with Crippen molar-refractivity contribution in [3.63, 3.8) is 0 Å². The topological polar surface area (TPSA) is 69.9 Å². The zero-order valence-corrected chi connectivity index (χ0v) is 22.0. The van der Waals surface area contributed by atoms with E-state index in [0.29, 0.717) is 37.2 Å². The third kappa shape index (κ3) is 5.45. The molecule has 6 atom stereocenters. The van der Waals surface area contributed by atoms with Gasteiger partial charge in [0.2, 0.25) is 0 Å². The van der Waals surface area contributed by atoms with Crippen LogP contribution >= 0.6 is 0 Å². The molecule has 0 aromatic heterocycles. The molecule has 0 amide bonds. The lowest BCUT2D eigenvalue weighted by atomic mass is 9.61. The van der Waals surface area contributed by atoms with Crippen LogP contribution in [0.3, 0.4) is 0 Å². The summed E-state index contributed by atoms with van der Waals surface area (Å²) >= 11 is 0. The molecule has 4 nitrogen and oxygen atoms in total. The van der Waals surface area contributed by atoms with Crippen LogP contribution in [-0.2, 0) is 5.60 Å². The third-order valence-corrected chi connectivity index (χ3v) is 9.04. The maximum Gasteiger partial charge on any atom is 0.125 e. The number of aliphatic hydroxyl groups is 3. The summed E-state index contributed by atoms with van der Waals surface area (Å²) in [6.07, 6.45) is 10.2. The van der Waals surface area contributed by atoms with Crippen molar-refractivity contribution >= 4 is 0 Å². The Labute approximate surface area is 211 Å². The van der Waals surface area contributed by atoms with Gasteiger partial charge in [-0.3, -0.25) is 0 Å². The second-order valence-corrected chi connectivity index (χ2v) is 12.0. The van der Waals surface area contributed by atoms with Gasteiger partial charge >= 0.3 is 0 Å². The highest BCUT2D eigenvalue weighted by Crippen LogP contribution is 2.59. The zero-order chi connectivity index (χ0) is 25.4. The summed E-state index contributed by atoms with van der Waals surface area (Å²) in [5.74, 6) is 2.35. The third-order valence-electron chi connectivity index (χ3n) is 9.04. The number of hydrogen-bond donors (Lipinski definition) is 3. The minimum Gasteiger partial charge on any atom is -0.493 e. The molecule has 4 rings (SSSR count). The van der Waals surface area contributed by atoms with Crippen LogP contribution in [0.25, 0.3) is 0 Å². The van der Waals surface area contributed by atoms with Gasteiger partial charge in [-0.2, -0.15) is 0 Å². The van der Waals surface area contributed by atoms with Gasteiger partial charge in [-0.05, 0) is 92.8 Å². The molecule has 2 unspecified atom stereocenters. The molecule has 0 saturated heterocycles. The number of hydrogen-bond acceptors (Lipinski definition) is 4. The quantitative estimate of drug-likeness (QED) is 0.462. The monoisotopic (exact) mass is 480 g/mol. The van der Waals surface area contributed by atoms with Gasteiger partial charge < -0.3 is 20.1 Å². The first-order chi connectivity index (χ1) is 16.5. The molecule has 3 aliphatic carbocycles. The lowest BCUT2D eigenvalue weighted by molar-refractivity contribution is 0.0632. The summed E-state index contributed by atoms with van der Waals surface area (Å²) in [5, 5.41) is 30.8. The molecule has 0 heterocycles. The van der Waals surface area contributed by atoms with E-state index in [2.05, 4.69) is 32.6 Å². The van der Waals surface area contributed by atoms with E-state index in [1.807, 2.05) is 24.3 Å². The molecule has 4 heteroatoms. The Morgan fingerprint density at radius 1 is 1.20 bits per heavy atom. The maximum atomic E-state index is 10.5. The fourth-order valence-electron chi connectivity index (χ4n) is 7.11. The van der Waals surface area contributed by atoms with Gasteiger partial charge in [0, 0.05) is 12.0 Å². The van der Waals surface area contributed by atoms with Crippen LogP contribution in [0.4, 0.5) is 0 Å². The average molecular weight is 481 g/mol. The molecule has 0 spiro atoms. The van der Waals surface area contributed by atoms with Crippen LogP contribution in [0.15, 0.2) is 59.7 Å². The molecular weight excluding hydrogens is 436 g/mol. The molecule has 3 fully saturated rings. The Bertz CT molecular complexity index is 984. The van der Waals surface area contributed by atoms with E-state index in [4.69, 9.17) is 4.74 Å². The molecule has 35 heavy (non-hydrogen) atoms. The van der Waals surface area contributed by atoms with E-state index in [1.54, 1.807) is 13.8 Å². The van der Waals surface area contributed by atoms with Crippen LogP contribution in [-0.4, -0.2) is 34.1 Å². The highest BCUT2D eigenvalue weighted by atomic mass is 16.5. The summed E-state index contributed by atoms with van der Waals surface area (Å²) in [5.41, 5.74) is 3.40. The summed E-state index contributed by atoms with van der Waals surface area (Å²) < 4.78 is 6.31. The first-order valence-corrected chi connectivity index (χ1v) is 13.4. The number of allylic oxidation sites excluding steroid dienone is 3. The first kappa shape index (κ1) is 26.2. The number of aliphatic hydroxyl groups excluding tert-OH is 2. The normalized spacial score (nSPS) is 34.8. The molecule has 3 aliphatic rings. The lowest BCUT2D eigenvalue weighted by Gasteiger charge is -2.44. The van der Waals surface area contributed by atoms with Crippen molar-refractivity contribution in [3.05, 3.63) is 65.3 Å². The minimum absolute atomic E-state index is 0.254. The van der Waals surface area contributed by atoms with Crippen molar-refractivity contribution in [1.29, 1.82) is 0 Å². The summed E-state index contributed by atoms with van der Waals surface area (Å²) in [4.78, 5) is 0. The number of benzene rings is 1. The Morgan fingerprint density at radius 3 is 2.69 bits per heavy atom. The molecule has 0 radical (unpaired) electrons. The molecule has 3 saturated carbocycles. The number of para-hydroxylation sites is 1. The van der Waals surface area contributed by atoms with E-state index in [1.165, 1.54) is 31.3 Å². The minimum atomic E-state index is -0.933. The van der Waals surface area contributed by atoms with Crippen molar-refractivity contribution in [3.8, 4) is 5.75 Å². The van der Waals surface area contributed by atoms with E-state index in [9.17, 15) is 15.3 Å². The Kier molecular flexibility index (Phi) is 7.66. The Hall–Kier alpha value is -1.88. The van der Waals surface area contributed by atoms with Gasteiger partial charge in [-0.1, -0.05) is 56.4 Å². The van der Waals surface area contributed by atoms with Crippen LogP contribution in [0.5, 0.6) is 5.75 Å². The molecule has 0 aliphatic heterocycles. The maximum absolute atomic E-state index is 10.5. The van der Waals surface area contributed by atoms with Gasteiger partial charge in [0.15, 0.2) is 0 Å². The highest BCUT2D eigenvalue weighted by Gasteiger charge is 2.50. The molecule has 192 valence electrons. The number of fused-ring (bicyclic) bond motifs is 1. The van der Waals surface area contributed by atoms with Crippen molar-refractivity contribution in [2.24, 2.45) is 23.2 Å². The Morgan fingerprint density at radius 2 is 1.94 bits per heavy atom. The van der Waals surface area contributed by atoms with Crippen LogP contribution in [0.1, 0.15) is 78.2 Å². The fraction of sp³-hybridized carbons (Fsp3) is 0.613. The predicted molar refractivity (Wildman–Crippen MR) is 141 cm³/mol. The van der Waals surface area contributed by atoms with Crippen molar-refractivity contribution in [2.45, 2.75) is 90.4 Å². The smallest absolute Gasteiger partial charge is 0.125 e. The van der Waals surface area contributed by atoms with E-state index < -0.39 is 17.8 Å². The van der Waals surface area contributed by atoms with Gasteiger partial charge in [-0.25, -0.2) is 0 Å². The SMILES string of the molecule is C=C1/C(=C\C=C2/CCC[C@@]3(C)C2CCC3[C@@H](C)COc2ccccc2C(C)(C)O)C[C@@H](O)C[C@@H]1O. The van der Waals surface area contributed by atoms with Crippen LogP contribution < -0.4 is 4.74 Å². The number of rotatable bonds is 6. The van der Waals surface area contributed by atoms with Gasteiger partial charge in [0.05, 0.1) is 24.4 Å². The average Bonchev–Trinajstić information content (AvgIpc) is 3.16. The standard InChI is InChI=1S/C31H44O4/c1-20(19-35-29-11-7-6-10-27(29)30(3,4)34)25-14-15-26-22(9-8-16-31(25,26)5)12-13-23-17-24(32)18-28(33)21(23)2/h6-7,10-13,20,24-26,28,32-34H,2,8-9,14-19H2,1,3-5H3/b22-12+,23-13-/t20-,24+,25?,26?,28-,31+/m0/s1. The van der Waals surface area contributed by atoms with Crippen molar-refractivity contribution in [1.82, 2.24) is 0 Å². The van der Waals surface area contributed by atoms with Crippen molar-refractivity contribution in [2.75, 3.05) is 6.61 Å². The summed E-state index contributed by atoms with van der Waals surface area (Å²) in [6.45, 7) is 13.1. The van der Waals surface area contributed by atoms with Crippen molar-refractivity contribution < 1.29 is 20.1 Å².